The van der Waals surface area contributed by atoms with Crippen LogP contribution in [0.5, 0.6) is 0 Å². The third-order valence-corrected chi connectivity index (χ3v) is 5.86. The minimum Gasteiger partial charge on any atom is -0.316 e. The standard InChI is InChI=1S/C15H16N4OS/c1-8-7-17-15-19(8)18-13-9-4-2-3-5-10(9)14(20)12(13)11(6-16)21-15/h7,9-10,13,18H,2-5H2,1H3. The zero-order valence-electron chi connectivity index (χ0n) is 11.8. The second kappa shape index (κ2) is 4.63. The van der Waals surface area contributed by atoms with Gasteiger partial charge in [0.05, 0.1) is 17.9 Å². The van der Waals surface area contributed by atoms with Gasteiger partial charge in [-0.05, 0) is 37.4 Å². The average molecular weight is 300 g/mol. The number of aryl methyl sites for hydroxylation is 1. The average Bonchev–Trinajstić information content (AvgIpc) is 2.91. The highest BCUT2D eigenvalue weighted by molar-refractivity contribution is 8.03. The summed E-state index contributed by atoms with van der Waals surface area (Å²) < 4.78 is 1.93. The summed E-state index contributed by atoms with van der Waals surface area (Å²) in [5.74, 6) is 0.600. The van der Waals surface area contributed by atoms with Crippen LogP contribution in [0.3, 0.4) is 0 Å². The number of aromatic nitrogens is 2. The van der Waals surface area contributed by atoms with Crippen LogP contribution in [0, 0.1) is 30.1 Å². The van der Waals surface area contributed by atoms with Crippen molar-refractivity contribution in [3.05, 3.63) is 22.4 Å². The Hall–Kier alpha value is -1.74. The zero-order chi connectivity index (χ0) is 14.6. The second-order valence-corrected chi connectivity index (χ2v) is 6.98. The molecule has 2 aliphatic carbocycles. The first-order valence-electron chi connectivity index (χ1n) is 7.38. The number of nitriles is 1. The number of nitrogens with one attached hydrogen (secondary N) is 1. The summed E-state index contributed by atoms with van der Waals surface area (Å²) in [7, 11) is 0. The van der Waals surface area contributed by atoms with E-state index in [0.717, 1.165) is 30.1 Å². The van der Waals surface area contributed by atoms with Crippen molar-refractivity contribution < 1.29 is 4.79 Å². The van der Waals surface area contributed by atoms with E-state index in [0.29, 0.717) is 16.4 Å². The molecule has 3 aliphatic rings. The summed E-state index contributed by atoms with van der Waals surface area (Å²) in [5, 5.41) is 10.2. The van der Waals surface area contributed by atoms with Crippen molar-refractivity contribution in [2.24, 2.45) is 11.8 Å². The molecule has 0 spiro atoms. The van der Waals surface area contributed by atoms with Crippen molar-refractivity contribution in [1.82, 2.24) is 9.66 Å². The number of hydrogen-bond acceptors (Lipinski definition) is 5. The third-order valence-electron chi connectivity index (χ3n) is 4.87. The normalized spacial score (nSPS) is 30.9. The minimum atomic E-state index is -0.0425. The van der Waals surface area contributed by atoms with Crippen LogP contribution in [0.2, 0.25) is 0 Å². The van der Waals surface area contributed by atoms with Gasteiger partial charge in [0.15, 0.2) is 10.9 Å². The summed E-state index contributed by atoms with van der Waals surface area (Å²) >= 11 is 1.31. The summed E-state index contributed by atoms with van der Waals surface area (Å²) in [4.78, 5) is 17.6. The van der Waals surface area contributed by atoms with Crippen LogP contribution in [-0.2, 0) is 4.79 Å². The van der Waals surface area contributed by atoms with Crippen molar-refractivity contribution >= 4 is 17.5 Å². The lowest BCUT2D eigenvalue weighted by atomic mass is 9.80. The molecule has 0 radical (unpaired) electrons. The Labute approximate surface area is 127 Å². The van der Waals surface area contributed by atoms with Crippen LogP contribution >= 0.6 is 11.8 Å². The lowest BCUT2D eigenvalue weighted by Gasteiger charge is -2.29. The molecule has 3 unspecified atom stereocenters. The molecule has 0 bridgehead atoms. The number of ketones is 1. The van der Waals surface area contributed by atoms with E-state index in [4.69, 9.17) is 0 Å². The van der Waals surface area contributed by atoms with E-state index in [1.165, 1.54) is 18.2 Å². The lowest BCUT2D eigenvalue weighted by Crippen LogP contribution is -2.35. The lowest BCUT2D eigenvalue weighted by molar-refractivity contribution is -0.119. The molecular formula is C15H16N4OS. The van der Waals surface area contributed by atoms with E-state index in [2.05, 4.69) is 16.5 Å². The van der Waals surface area contributed by atoms with E-state index in [1.807, 2.05) is 11.6 Å². The Morgan fingerprint density at radius 1 is 1.48 bits per heavy atom. The van der Waals surface area contributed by atoms with E-state index in [1.54, 1.807) is 6.20 Å². The van der Waals surface area contributed by atoms with Gasteiger partial charge in [0.1, 0.15) is 11.0 Å². The molecule has 21 heavy (non-hydrogen) atoms. The van der Waals surface area contributed by atoms with E-state index in [9.17, 15) is 10.1 Å². The monoisotopic (exact) mass is 300 g/mol. The first-order chi connectivity index (χ1) is 10.2. The highest BCUT2D eigenvalue weighted by Crippen LogP contribution is 2.47. The van der Waals surface area contributed by atoms with Crippen molar-refractivity contribution in [2.45, 2.75) is 43.8 Å². The predicted molar refractivity (Wildman–Crippen MR) is 79.1 cm³/mol. The molecule has 1 aromatic heterocycles. The van der Waals surface area contributed by atoms with E-state index < -0.39 is 0 Å². The minimum absolute atomic E-state index is 0.0425. The third kappa shape index (κ3) is 1.77. The van der Waals surface area contributed by atoms with Gasteiger partial charge in [-0.25, -0.2) is 9.66 Å². The molecule has 0 aromatic carbocycles. The Morgan fingerprint density at radius 2 is 2.29 bits per heavy atom. The van der Waals surface area contributed by atoms with Crippen LogP contribution in [0.25, 0.3) is 0 Å². The highest BCUT2D eigenvalue weighted by atomic mass is 32.2. The number of nitrogens with zero attached hydrogens (tertiary/aromatic N) is 3. The molecule has 6 heteroatoms. The van der Waals surface area contributed by atoms with Crippen LogP contribution < -0.4 is 5.43 Å². The highest BCUT2D eigenvalue weighted by Gasteiger charge is 2.49. The molecule has 5 nitrogen and oxygen atoms in total. The molecule has 2 heterocycles. The Kier molecular flexibility index (Phi) is 2.86. The van der Waals surface area contributed by atoms with Crippen molar-refractivity contribution in [3.8, 4) is 6.07 Å². The fourth-order valence-electron chi connectivity index (χ4n) is 3.88. The smallest absolute Gasteiger partial charge is 0.192 e. The topological polar surface area (TPSA) is 70.7 Å². The summed E-state index contributed by atoms with van der Waals surface area (Å²) in [6.07, 6.45) is 6.11. The molecule has 2 fully saturated rings. The molecular weight excluding hydrogens is 284 g/mol. The number of rotatable bonds is 0. The molecule has 4 rings (SSSR count). The van der Waals surface area contributed by atoms with Gasteiger partial charge in [0, 0.05) is 11.5 Å². The van der Waals surface area contributed by atoms with Crippen LogP contribution in [0.1, 0.15) is 31.4 Å². The summed E-state index contributed by atoms with van der Waals surface area (Å²) in [6.45, 7) is 1.98. The molecule has 108 valence electrons. The quantitative estimate of drug-likeness (QED) is 0.796. The SMILES string of the molecule is Cc1cnc2n1NC1C(=C(C#N)S2)C(=O)C2CCCCC21. The zero-order valence-corrected chi connectivity index (χ0v) is 12.6. The molecule has 3 atom stereocenters. The van der Waals surface area contributed by atoms with Crippen LogP contribution in [0.15, 0.2) is 21.8 Å². The van der Waals surface area contributed by atoms with E-state index in [-0.39, 0.29) is 17.7 Å². The van der Waals surface area contributed by atoms with E-state index >= 15 is 0 Å². The molecule has 0 saturated heterocycles. The van der Waals surface area contributed by atoms with Crippen LogP contribution in [0.4, 0.5) is 0 Å². The molecule has 1 aliphatic heterocycles. The predicted octanol–water partition coefficient (Wildman–Crippen LogP) is 2.38. The molecule has 1 aromatic rings. The van der Waals surface area contributed by atoms with Crippen molar-refractivity contribution in [2.75, 3.05) is 5.43 Å². The number of fused-ring (bicyclic) bond motifs is 4. The Balaban J connectivity index is 1.86. The molecule has 1 N–H and O–H groups in total. The maximum absolute atomic E-state index is 12.8. The van der Waals surface area contributed by atoms with Gasteiger partial charge in [-0.15, -0.1) is 0 Å². The first-order valence-corrected chi connectivity index (χ1v) is 8.19. The van der Waals surface area contributed by atoms with Gasteiger partial charge in [0.25, 0.3) is 0 Å². The van der Waals surface area contributed by atoms with Crippen molar-refractivity contribution in [1.29, 1.82) is 5.26 Å². The number of carbonyl (C=O) groups excluding carboxylic acids is 1. The number of thioether (sulfide) groups is 1. The fourth-order valence-corrected chi connectivity index (χ4v) is 4.84. The Bertz CT molecular complexity index is 699. The van der Waals surface area contributed by atoms with Gasteiger partial charge in [-0.2, -0.15) is 5.26 Å². The molecule has 2 saturated carbocycles. The second-order valence-electron chi connectivity index (χ2n) is 6.00. The number of imidazole rings is 1. The van der Waals surface area contributed by atoms with Gasteiger partial charge in [-0.1, -0.05) is 12.8 Å². The van der Waals surface area contributed by atoms with Gasteiger partial charge < -0.3 is 5.43 Å². The largest absolute Gasteiger partial charge is 0.316 e. The molecule has 0 amide bonds. The number of carbonyl (C=O) groups is 1. The Morgan fingerprint density at radius 3 is 3.10 bits per heavy atom. The van der Waals surface area contributed by atoms with Crippen LogP contribution in [-0.4, -0.2) is 21.5 Å². The van der Waals surface area contributed by atoms with Gasteiger partial charge >= 0.3 is 0 Å². The van der Waals surface area contributed by atoms with Gasteiger partial charge in [-0.3, -0.25) is 4.79 Å². The fraction of sp³-hybridized carbons (Fsp3) is 0.533. The first kappa shape index (κ1) is 13.0. The number of hydrogen-bond donors (Lipinski definition) is 1. The maximum Gasteiger partial charge on any atom is 0.192 e. The van der Waals surface area contributed by atoms with Gasteiger partial charge in [0.2, 0.25) is 0 Å². The maximum atomic E-state index is 12.8. The number of allylic oxidation sites excluding steroid dienone is 1. The summed E-state index contributed by atoms with van der Waals surface area (Å²) in [6, 6.07) is 2.19. The summed E-state index contributed by atoms with van der Waals surface area (Å²) in [5.41, 5.74) is 5.17. The number of Topliss-reactive ketones (excluding diaryl/α,β-unsaturated/α-hetero) is 1. The van der Waals surface area contributed by atoms with Crippen molar-refractivity contribution in [3.63, 3.8) is 0 Å².